The van der Waals surface area contributed by atoms with Gasteiger partial charge < -0.3 is 19.9 Å². The second-order valence-corrected chi connectivity index (χ2v) is 7.27. The van der Waals surface area contributed by atoms with Gasteiger partial charge >= 0.3 is 6.03 Å². The molecule has 1 fully saturated rings. The Morgan fingerprint density at radius 2 is 1.75 bits per heavy atom. The van der Waals surface area contributed by atoms with Crippen LogP contribution >= 0.6 is 0 Å². The van der Waals surface area contributed by atoms with Crippen LogP contribution in [0, 0.1) is 0 Å². The Morgan fingerprint density at radius 3 is 2.46 bits per heavy atom. The number of nitrogens with zero attached hydrogens (tertiary/aromatic N) is 2. The average molecular weight is 379 g/mol. The third kappa shape index (κ3) is 3.67. The summed E-state index contributed by atoms with van der Waals surface area (Å²) in [5.74, 6) is 0.949. The van der Waals surface area contributed by atoms with Gasteiger partial charge in [0.1, 0.15) is 5.75 Å². The van der Waals surface area contributed by atoms with Gasteiger partial charge in [-0.15, -0.1) is 0 Å². The minimum absolute atomic E-state index is 0.103. The van der Waals surface area contributed by atoms with Gasteiger partial charge in [0.15, 0.2) is 0 Å². The fraction of sp³-hybridized carbons (Fsp3) is 0.364. The monoisotopic (exact) mass is 379 g/mol. The van der Waals surface area contributed by atoms with Gasteiger partial charge in [-0.2, -0.15) is 0 Å². The Bertz CT molecular complexity index is 858. The number of hydrogen-bond donors (Lipinski definition) is 1. The molecular weight excluding hydrogens is 354 g/mol. The zero-order chi connectivity index (χ0) is 19.5. The van der Waals surface area contributed by atoms with Crippen LogP contribution in [0.15, 0.2) is 48.5 Å². The van der Waals surface area contributed by atoms with Crippen molar-refractivity contribution in [2.24, 2.45) is 0 Å². The van der Waals surface area contributed by atoms with E-state index >= 15 is 0 Å². The van der Waals surface area contributed by atoms with Crippen LogP contribution in [0.5, 0.6) is 5.75 Å². The number of rotatable bonds is 3. The van der Waals surface area contributed by atoms with Crippen molar-refractivity contribution in [1.29, 1.82) is 0 Å². The number of benzene rings is 2. The lowest BCUT2D eigenvalue weighted by Gasteiger charge is -2.41. The second-order valence-electron chi connectivity index (χ2n) is 7.27. The number of ether oxygens (including phenoxy) is 1. The first-order valence-corrected chi connectivity index (χ1v) is 9.75. The number of aryl methyl sites for hydroxylation is 1. The van der Waals surface area contributed by atoms with E-state index < -0.39 is 0 Å². The highest BCUT2D eigenvalue weighted by atomic mass is 16.5. The summed E-state index contributed by atoms with van der Waals surface area (Å²) in [5.41, 5.74) is 3.02. The minimum atomic E-state index is -0.103. The molecule has 1 saturated heterocycles. The van der Waals surface area contributed by atoms with Crippen LogP contribution in [0.25, 0.3) is 0 Å². The Kier molecular flexibility index (Phi) is 5.19. The molecule has 146 valence electrons. The van der Waals surface area contributed by atoms with E-state index in [0.29, 0.717) is 19.5 Å². The van der Waals surface area contributed by atoms with Gasteiger partial charge in [0.05, 0.1) is 7.11 Å². The van der Waals surface area contributed by atoms with Crippen LogP contribution in [-0.4, -0.2) is 43.1 Å². The molecule has 0 aliphatic carbocycles. The largest absolute Gasteiger partial charge is 0.497 e. The summed E-state index contributed by atoms with van der Waals surface area (Å²) in [6.45, 7) is 1.28. The topological polar surface area (TPSA) is 61.9 Å². The van der Waals surface area contributed by atoms with Crippen molar-refractivity contribution < 1.29 is 14.3 Å². The molecule has 2 aliphatic rings. The average Bonchev–Trinajstić information content (AvgIpc) is 2.74. The van der Waals surface area contributed by atoms with E-state index in [9.17, 15) is 9.59 Å². The van der Waals surface area contributed by atoms with Crippen LogP contribution in [0.2, 0.25) is 0 Å². The molecule has 0 spiro atoms. The number of hydrogen-bond acceptors (Lipinski definition) is 3. The van der Waals surface area contributed by atoms with Gasteiger partial charge in [0.2, 0.25) is 5.91 Å². The zero-order valence-electron chi connectivity index (χ0n) is 16.1. The number of carbonyl (C=O) groups excluding carboxylic acids is 2. The maximum atomic E-state index is 12.6. The number of fused-ring (bicyclic) bond motifs is 1. The number of amides is 3. The van der Waals surface area contributed by atoms with E-state index in [-0.39, 0.29) is 18.0 Å². The van der Waals surface area contributed by atoms with Gasteiger partial charge in [-0.1, -0.05) is 18.2 Å². The first kappa shape index (κ1) is 18.3. The standard InChI is InChI=1S/C22H25N3O3/c1-28-19-9-7-17(8-10-19)23-22(27)24-14-12-18(13-15-24)25-20-5-3-2-4-16(20)6-11-21(25)26/h2-5,7-10,18H,6,11-15H2,1H3,(H,23,27). The third-order valence-corrected chi connectivity index (χ3v) is 5.59. The predicted octanol–water partition coefficient (Wildman–Crippen LogP) is 3.67. The van der Waals surface area contributed by atoms with Crippen LogP contribution in [-0.2, 0) is 11.2 Å². The molecule has 2 aliphatic heterocycles. The maximum absolute atomic E-state index is 12.6. The van der Waals surface area contributed by atoms with Gasteiger partial charge in [0.25, 0.3) is 0 Å². The fourth-order valence-electron chi connectivity index (χ4n) is 4.06. The van der Waals surface area contributed by atoms with Crippen molar-refractivity contribution in [2.75, 3.05) is 30.4 Å². The van der Waals surface area contributed by atoms with E-state index in [0.717, 1.165) is 36.4 Å². The molecule has 1 N–H and O–H groups in total. The molecular formula is C22H25N3O3. The van der Waals surface area contributed by atoms with Gasteiger partial charge in [-0.25, -0.2) is 4.79 Å². The Labute approximate surface area is 165 Å². The Balaban J connectivity index is 1.38. The van der Waals surface area contributed by atoms with E-state index in [1.54, 1.807) is 7.11 Å². The minimum Gasteiger partial charge on any atom is -0.497 e. The molecule has 6 heteroatoms. The number of anilines is 2. The molecule has 4 rings (SSSR count). The number of methoxy groups -OCH3 is 1. The molecule has 2 aromatic carbocycles. The molecule has 6 nitrogen and oxygen atoms in total. The summed E-state index contributed by atoms with van der Waals surface area (Å²) in [6.07, 6.45) is 2.95. The van der Waals surface area contributed by atoms with Gasteiger partial charge in [-0.05, 0) is 55.2 Å². The smallest absolute Gasteiger partial charge is 0.321 e. The van der Waals surface area contributed by atoms with Crippen LogP contribution < -0.4 is 15.0 Å². The molecule has 0 radical (unpaired) electrons. The number of nitrogens with one attached hydrogen (secondary N) is 1. The second kappa shape index (κ2) is 7.92. The van der Waals surface area contributed by atoms with Crippen molar-refractivity contribution in [1.82, 2.24) is 4.90 Å². The van der Waals surface area contributed by atoms with Crippen molar-refractivity contribution in [3.05, 3.63) is 54.1 Å². The van der Waals surface area contributed by atoms with E-state index in [2.05, 4.69) is 11.4 Å². The third-order valence-electron chi connectivity index (χ3n) is 5.59. The van der Waals surface area contributed by atoms with E-state index in [4.69, 9.17) is 4.74 Å². The number of urea groups is 1. The molecule has 28 heavy (non-hydrogen) atoms. The van der Waals surface area contributed by atoms with E-state index in [1.807, 2.05) is 52.3 Å². The van der Waals surface area contributed by atoms with Crippen LogP contribution in [0.1, 0.15) is 24.8 Å². The first-order valence-electron chi connectivity index (χ1n) is 9.75. The first-order chi connectivity index (χ1) is 13.7. The molecule has 0 atom stereocenters. The summed E-state index contributed by atoms with van der Waals surface area (Å²) in [4.78, 5) is 28.9. The molecule has 3 amide bonds. The highest BCUT2D eigenvalue weighted by molar-refractivity contribution is 5.97. The highest BCUT2D eigenvalue weighted by Crippen LogP contribution is 2.32. The molecule has 2 aromatic rings. The lowest BCUT2D eigenvalue weighted by Crippen LogP contribution is -2.51. The highest BCUT2D eigenvalue weighted by Gasteiger charge is 2.33. The lowest BCUT2D eigenvalue weighted by atomic mass is 9.95. The van der Waals surface area contributed by atoms with Crippen molar-refractivity contribution in [3.8, 4) is 5.75 Å². The summed E-state index contributed by atoms with van der Waals surface area (Å²) in [6, 6.07) is 15.5. The molecule has 0 unspecified atom stereocenters. The maximum Gasteiger partial charge on any atom is 0.321 e. The molecule has 0 saturated carbocycles. The Hall–Kier alpha value is -3.02. The molecule has 2 heterocycles. The SMILES string of the molecule is COc1ccc(NC(=O)N2CCC(N3C(=O)CCc4ccccc43)CC2)cc1. The van der Waals surface area contributed by atoms with Gasteiger partial charge in [-0.3, -0.25) is 4.79 Å². The van der Waals surface area contributed by atoms with Gasteiger partial charge in [0, 0.05) is 36.9 Å². The summed E-state index contributed by atoms with van der Waals surface area (Å²) in [7, 11) is 1.61. The van der Waals surface area contributed by atoms with Crippen LogP contribution in [0.3, 0.4) is 0 Å². The summed E-state index contributed by atoms with van der Waals surface area (Å²) >= 11 is 0. The molecule has 0 bridgehead atoms. The van der Waals surface area contributed by atoms with Crippen LogP contribution in [0.4, 0.5) is 16.2 Å². The summed E-state index contributed by atoms with van der Waals surface area (Å²) < 4.78 is 5.14. The Morgan fingerprint density at radius 1 is 1.04 bits per heavy atom. The normalized spacial score (nSPS) is 17.2. The summed E-state index contributed by atoms with van der Waals surface area (Å²) in [5, 5.41) is 2.93. The number of likely N-dealkylation sites (tertiary alicyclic amines) is 1. The van der Waals surface area contributed by atoms with Crippen molar-refractivity contribution >= 4 is 23.3 Å². The van der Waals surface area contributed by atoms with Crippen molar-refractivity contribution in [3.63, 3.8) is 0 Å². The lowest BCUT2D eigenvalue weighted by molar-refractivity contribution is -0.119. The zero-order valence-corrected chi connectivity index (χ0v) is 16.1. The van der Waals surface area contributed by atoms with E-state index in [1.165, 1.54) is 5.56 Å². The van der Waals surface area contributed by atoms with Crippen molar-refractivity contribution in [2.45, 2.75) is 31.7 Å². The number of piperidine rings is 1. The quantitative estimate of drug-likeness (QED) is 0.885. The number of para-hydroxylation sites is 1. The fourth-order valence-corrected chi connectivity index (χ4v) is 4.06. The number of carbonyl (C=O) groups is 2. The predicted molar refractivity (Wildman–Crippen MR) is 109 cm³/mol. The molecule has 0 aromatic heterocycles.